The second-order valence-corrected chi connectivity index (χ2v) is 9.47. The van der Waals surface area contributed by atoms with Gasteiger partial charge in [0.15, 0.2) is 0 Å². The zero-order chi connectivity index (χ0) is 17.2. The van der Waals surface area contributed by atoms with Crippen LogP contribution in [0.3, 0.4) is 0 Å². The van der Waals surface area contributed by atoms with Crippen LogP contribution in [0.2, 0.25) is 0 Å². The first-order valence-electron chi connectivity index (χ1n) is 10.2. The Hall–Kier alpha value is -1.28. The fraction of sp³-hybridized carbons (Fsp3) is 0.652. The van der Waals surface area contributed by atoms with Gasteiger partial charge in [0.25, 0.3) is 0 Å². The first-order valence-corrected chi connectivity index (χ1v) is 10.2. The van der Waals surface area contributed by atoms with Gasteiger partial charge in [0.05, 0.1) is 12.4 Å². The number of allylic oxidation sites excluding steroid dienone is 4. The topological polar surface area (TPSA) is 33.4 Å². The van der Waals surface area contributed by atoms with E-state index in [0.717, 1.165) is 30.4 Å². The van der Waals surface area contributed by atoms with Crippen molar-refractivity contribution in [1.82, 2.24) is 0 Å². The fourth-order valence-corrected chi connectivity index (χ4v) is 6.95. The number of hydrogen-bond acceptors (Lipinski definition) is 2. The maximum Gasteiger partial charge on any atom is 0.129 e. The second kappa shape index (κ2) is 5.36. The predicted molar refractivity (Wildman–Crippen MR) is 99.8 cm³/mol. The molecule has 0 radical (unpaired) electrons. The van der Waals surface area contributed by atoms with E-state index in [1.54, 1.807) is 11.8 Å². The van der Waals surface area contributed by atoms with Gasteiger partial charge in [-0.3, -0.25) is 0 Å². The third-order valence-corrected chi connectivity index (χ3v) is 8.56. The number of aliphatic hydroxyl groups excluding tert-OH is 1. The molecule has 2 heteroatoms. The van der Waals surface area contributed by atoms with Crippen LogP contribution in [0.15, 0.2) is 40.5 Å². The molecule has 2 fully saturated rings. The first kappa shape index (κ1) is 15.9. The summed E-state index contributed by atoms with van der Waals surface area (Å²) in [6.07, 6.45) is 14.9. The molecule has 0 aliphatic heterocycles. The quantitative estimate of drug-likeness (QED) is 0.723. The van der Waals surface area contributed by atoms with Crippen LogP contribution in [-0.2, 0) is 0 Å². The van der Waals surface area contributed by atoms with E-state index in [1.807, 2.05) is 6.07 Å². The standard InChI is InChI=1S/C23H30O2/c1-22-11-9-15(20-4-3-13-25-20)14-16(22)5-6-17-18-7-8-21(24)23(18,2)12-10-19(17)22/h3-5,13-14,17-19,21,24H,6-12H2,1-2H3/t17-,18-,19-,21?,22-,23-/m0/s1. The van der Waals surface area contributed by atoms with Gasteiger partial charge in [0, 0.05) is 0 Å². The van der Waals surface area contributed by atoms with Crippen LogP contribution in [0.1, 0.15) is 64.6 Å². The van der Waals surface area contributed by atoms with E-state index in [4.69, 9.17) is 4.42 Å². The Morgan fingerprint density at radius 2 is 2.00 bits per heavy atom. The largest absolute Gasteiger partial charge is 0.465 e. The number of rotatable bonds is 1. The monoisotopic (exact) mass is 338 g/mol. The van der Waals surface area contributed by atoms with Crippen LogP contribution in [-0.4, -0.2) is 11.2 Å². The van der Waals surface area contributed by atoms with Crippen LogP contribution >= 0.6 is 0 Å². The minimum Gasteiger partial charge on any atom is -0.465 e. The van der Waals surface area contributed by atoms with Crippen molar-refractivity contribution in [1.29, 1.82) is 0 Å². The molecule has 2 nitrogen and oxygen atoms in total. The predicted octanol–water partition coefficient (Wildman–Crippen LogP) is 5.60. The number of hydrogen-bond donors (Lipinski definition) is 1. The molecule has 0 saturated heterocycles. The Morgan fingerprint density at radius 3 is 2.80 bits per heavy atom. The molecule has 0 aromatic carbocycles. The summed E-state index contributed by atoms with van der Waals surface area (Å²) in [5, 5.41) is 10.6. The van der Waals surface area contributed by atoms with E-state index in [1.165, 1.54) is 37.7 Å². The van der Waals surface area contributed by atoms with Gasteiger partial charge in [0.1, 0.15) is 5.76 Å². The van der Waals surface area contributed by atoms with Crippen LogP contribution in [0.25, 0.3) is 5.57 Å². The summed E-state index contributed by atoms with van der Waals surface area (Å²) in [6, 6.07) is 4.08. The van der Waals surface area contributed by atoms with Gasteiger partial charge >= 0.3 is 0 Å². The smallest absolute Gasteiger partial charge is 0.129 e. The molecule has 4 aliphatic rings. The molecule has 4 aliphatic carbocycles. The molecule has 134 valence electrons. The molecule has 5 rings (SSSR count). The highest BCUT2D eigenvalue weighted by molar-refractivity contribution is 5.67. The van der Waals surface area contributed by atoms with Gasteiger partial charge in [-0.1, -0.05) is 26.0 Å². The Kier molecular flexibility index (Phi) is 3.42. The van der Waals surface area contributed by atoms with Crippen LogP contribution in [0, 0.1) is 28.6 Å². The Morgan fingerprint density at radius 1 is 1.12 bits per heavy atom. The third kappa shape index (κ3) is 2.13. The minimum absolute atomic E-state index is 0.0755. The van der Waals surface area contributed by atoms with Crippen molar-refractivity contribution in [3.63, 3.8) is 0 Å². The lowest BCUT2D eigenvalue weighted by atomic mass is 9.48. The van der Waals surface area contributed by atoms with Gasteiger partial charge in [-0.2, -0.15) is 0 Å². The van der Waals surface area contributed by atoms with Crippen molar-refractivity contribution in [2.24, 2.45) is 28.6 Å². The van der Waals surface area contributed by atoms with Crippen molar-refractivity contribution in [3.8, 4) is 0 Å². The first-order chi connectivity index (χ1) is 12.0. The maximum atomic E-state index is 10.6. The molecular formula is C23H30O2. The van der Waals surface area contributed by atoms with Gasteiger partial charge in [-0.15, -0.1) is 0 Å². The van der Waals surface area contributed by atoms with E-state index < -0.39 is 0 Å². The lowest BCUT2D eigenvalue weighted by Crippen LogP contribution is -2.50. The summed E-state index contributed by atoms with van der Waals surface area (Å²) in [5.74, 6) is 3.31. The zero-order valence-electron chi connectivity index (χ0n) is 15.5. The average Bonchev–Trinajstić information content (AvgIpc) is 3.23. The molecule has 25 heavy (non-hydrogen) atoms. The van der Waals surface area contributed by atoms with Gasteiger partial charge < -0.3 is 9.52 Å². The van der Waals surface area contributed by atoms with Crippen molar-refractivity contribution in [2.75, 3.05) is 0 Å². The zero-order valence-corrected chi connectivity index (χ0v) is 15.5. The molecule has 1 aromatic rings. The van der Waals surface area contributed by atoms with Crippen LogP contribution in [0.5, 0.6) is 0 Å². The Bertz CT molecular complexity index is 727. The molecule has 2 saturated carbocycles. The highest BCUT2D eigenvalue weighted by Gasteiger charge is 2.57. The van der Waals surface area contributed by atoms with Crippen molar-refractivity contribution in [2.45, 2.75) is 64.9 Å². The molecule has 1 heterocycles. The normalized spacial score (nSPS) is 45.9. The molecule has 1 unspecified atom stereocenters. The molecule has 0 bridgehead atoms. The summed E-state index contributed by atoms with van der Waals surface area (Å²) < 4.78 is 5.65. The summed E-state index contributed by atoms with van der Waals surface area (Å²) in [5.41, 5.74) is 3.40. The van der Waals surface area contributed by atoms with E-state index in [-0.39, 0.29) is 11.5 Å². The molecule has 0 spiro atoms. The molecule has 1 aromatic heterocycles. The fourth-order valence-electron chi connectivity index (χ4n) is 6.95. The van der Waals surface area contributed by atoms with Gasteiger partial charge in [-0.25, -0.2) is 0 Å². The number of furan rings is 1. The minimum atomic E-state index is -0.0755. The van der Waals surface area contributed by atoms with Gasteiger partial charge in [0.2, 0.25) is 0 Å². The summed E-state index contributed by atoms with van der Waals surface area (Å²) >= 11 is 0. The van der Waals surface area contributed by atoms with Crippen LogP contribution in [0.4, 0.5) is 0 Å². The lowest BCUT2D eigenvalue weighted by Gasteiger charge is -2.56. The number of aliphatic hydroxyl groups is 1. The molecule has 0 amide bonds. The van der Waals surface area contributed by atoms with Crippen LogP contribution < -0.4 is 0 Å². The van der Waals surface area contributed by atoms with Crippen molar-refractivity contribution in [3.05, 3.63) is 41.9 Å². The lowest BCUT2D eigenvalue weighted by molar-refractivity contribution is -0.0622. The summed E-state index contributed by atoms with van der Waals surface area (Å²) in [7, 11) is 0. The molecular weight excluding hydrogens is 308 g/mol. The SMILES string of the molecule is C[C@]12CCC(c3ccco3)=CC1=CC[C@@H]1[C@@H]2CC[C@]2(C)C(O)CC[C@@H]12. The van der Waals surface area contributed by atoms with E-state index in [9.17, 15) is 5.11 Å². The molecule has 1 N–H and O–H groups in total. The Labute approximate surface area is 151 Å². The third-order valence-electron chi connectivity index (χ3n) is 8.56. The highest BCUT2D eigenvalue weighted by Crippen LogP contribution is 2.64. The maximum absolute atomic E-state index is 10.6. The highest BCUT2D eigenvalue weighted by atomic mass is 16.3. The Balaban J connectivity index is 1.50. The molecule has 6 atom stereocenters. The van der Waals surface area contributed by atoms with E-state index >= 15 is 0 Å². The van der Waals surface area contributed by atoms with E-state index in [2.05, 4.69) is 32.1 Å². The number of fused-ring (bicyclic) bond motifs is 5. The van der Waals surface area contributed by atoms with Gasteiger partial charge in [-0.05, 0) is 96.8 Å². The average molecular weight is 338 g/mol. The second-order valence-electron chi connectivity index (χ2n) is 9.47. The summed E-state index contributed by atoms with van der Waals surface area (Å²) in [6.45, 7) is 4.88. The summed E-state index contributed by atoms with van der Waals surface area (Å²) in [4.78, 5) is 0. The van der Waals surface area contributed by atoms with Crippen molar-refractivity contribution < 1.29 is 9.52 Å². The van der Waals surface area contributed by atoms with Crippen molar-refractivity contribution >= 4 is 5.57 Å². The van der Waals surface area contributed by atoms with E-state index in [0.29, 0.717) is 11.3 Å².